The van der Waals surface area contributed by atoms with E-state index in [-0.39, 0.29) is 0 Å². The van der Waals surface area contributed by atoms with Crippen molar-refractivity contribution >= 4 is 12.2 Å². The molecule has 2 aromatic carbocycles. The highest BCUT2D eigenvalue weighted by atomic mass is 16.5. The van der Waals surface area contributed by atoms with Gasteiger partial charge in [-0.05, 0) is 23.3 Å². The Bertz CT molecular complexity index is 629. The third-order valence-corrected chi connectivity index (χ3v) is 4.20. The highest BCUT2D eigenvalue weighted by molar-refractivity contribution is 5.69. The Morgan fingerprint density at radius 3 is 2.14 bits per heavy atom. The number of likely N-dealkylation sites (N-methyl/N-ethyl adjacent to an activating group) is 1. The molecule has 0 saturated carbocycles. The van der Waals surface area contributed by atoms with Crippen LogP contribution in [0.15, 0.2) is 54.6 Å². The van der Waals surface area contributed by atoms with Crippen LogP contribution in [0.5, 0.6) is 5.75 Å². The van der Waals surface area contributed by atoms with E-state index in [2.05, 4.69) is 74.8 Å². The Labute approximate surface area is 133 Å². The SMILES string of the molecule is C[N+]1(C)CCC(Oc2ccc(C=Cc3ccccc3)cc2)C1. The summed E-state index contributed by atoms with van der Waals surface area (Å²) >= 11 is 0. The fraction of sp³-hybridized carbons (Fsp3) is 0.300. The van der Waals surface area contributed by atoms with Gasteiger partial charge in [-0.3, -0.25) is 0 Å². The Balaban J connectivity index is 1.60. The van der Waals surface area contributed by atoms with E-state index in [1.54, 1.807) is 0 Å². The van der Waals surface area contributed by atoms with Gasteiger partial charge in [0, 0.05) is 6.42 Å². The Morgan fingerprint density at radius 2 is 1.55 bits per heavy atom. The summed E-state index contributed by atoms with van der Waals surface area (Å²) in [6.07, 6.45) is 5.75. The summed E-state index contributed by atoms with van der Waals surface area (Å²) in [7, 11) is 4.53. The third kappa shape index (κ3) is 3.99. The fourth-order valence-electron chi connectivity index (χ4n) is 2.93. The minimum absolute atomic E-state index is 0.348. The average molecular weight is 294 g/mol. The summed E-state index contributed by atoms with van der Waals surface area (Å²) in [5.41, 5.74) is 2.41. The molecule has 1 aliphatic heterocycles. The zero-order valence-corrected chi connectivity index (χ0v) is 13.4. The van der Waals surface area contributed by atoms with Crippen LogP contribution in [0.1, 0.15) is 17.5 Å². The summed E-state index contributed by atoms with van der Waals surface area (Å²) < 4.78 is 7.15. The van der Waals surface area contributed by atoms with Gasteiger partial charge in [-0.1, -0.05) is 54.6 Å². The molecule has 1 fully saturated rings. The van der Waals surface area contributed by atoms with Crippen LogP contribution in [0.3, 0.4) is 0 Å². The molecular formula is C20H24NO+. The van der Waals surface area contributed by atoms with Crippen LogP contribution >= 0.6 is 0 Å². The first kappa shape index (κ1) is 14.9. The van der Waals surface area contributed by atoms with Gasteiger partial charge in [0.1, 0.15) is 12.3 Å². The lowest BCUT2D eigenvalue weighted by molar-refractivity contribution is -0.879. The first-order valence-electron chi connectivity index (χ1n) is 7.93. The highest BCUT2D eigenvalue weighted by Crippen LogP contribution is 2.21. The number of hydrogen-bond acceptors (Lipinski definition) is 1. The number of benzene rings is 2. The van der Waals surface area contributed by atoms with Gasteiger partial charge < -0.3 is 9.22 Å². The maximum Gasteiger partial charge on any atom is 0.153 e. The van der Waals surface area contributed by atoms with Gasteiger partial charge in [-0.25, -0.2) is 0 Å². The molecule has 1 unspecified atom stereocenters. The van der Waals surface area contributed by atoms with Crippen LogP contribution in [0.4, 0.5) is 0 Å². The molecule has 114 valence electrons. The maximum absolute atomic E-state index is 6.09. The van der Waals surface area contributed by atoms with Crippen LogP contribution in [0.2, 0.25) is 0 Å². The molecule has 0 N–H and O–H groups in total. The lowest BCUT2D eigenvalue weighted by Gasteiger charge is -2.23. The minimum atomic E-state index is 0.348. The Kier molecular flexibility index (Phi) is 4.30. The van der Waals surface area contributed by atoms with Gasteiger partial charge in [-0.15, -0.1) is 0 Å². The molecule has 2 aromatic rings. The second kappa shape index (κ2) is 6.37. The van der Waals surface area contributed by atoms with Crippen molar-refractivity contribution in [1.82, 2.24) is 0 Å². The first-order chi connectivity index (χ1) is 10.6. The second-order valence-electron chi connectivity index (χ2n) is 6.68. The second-order valence-corrected chi connectivity index (χ2v) is 6.68. The summed E-state index contributed by atoms with van der Waals surface area (Å²) in [5.74, 6) is 0.976. The normalized spacial score (nSPS) is 20.4. The van der Waals surface area contributed by atoms with Crippen molar-refractivity contribution in [3.63, 3.8) is 0 Å². The van der Waals surface area contributed by atoms with E-state index >= 15 is 0 Å². The lowest BCUT2D eigenvalue weighted by Crippen LogP contribution is -2.38. The molecule has 1 aliphatic rings. The van der Waals surface area contributed by atoms with E-state index in [1.165, 1.54) is 17.7 Å². The van der Waals surface area contributed by atoms with E-state index in [0.717, 1.165) is 23.2 Å². The lowest BCUT2D eigenvalue weighted by atomic mass is 10.1. The van der Waals surface area contributed by atoms with E-state index in [4.69, 9.17) is 4.74 Å². The van der Waals surface area contributed by atoms with Crippen LogP contribution < -0.4 is 4.74 Å². The van der Waals surface area contributed by atoms with Gasteiger partial charge in [0.2, 0.25) is 0 Å². The van der Waals surface area contributed by atoms with Crippen molar-refractivity contribution in [3.05, 3.63) is 65.7 Å². The van der Waals surface area contributed by atoms with E-state index in [1.807, 2.05) is 6.07 Å². The molecule has 0 spiro atoms. The molecule has 1 saturated heterocycles. The Hall–Kier alpha value is -2.06. The summed E-state index contributed by atoms with van der Waals surface area (Å²) in [5, 5.41) is 0. The molecule has 0 amide bonds. The number of ether oxygens (including phenoxy) is 1. The Morgan fingerprint density at radius 1 is 0.909 bits per heavy atom. The molecule has 0 aliphatic carbocycles. The topological polar surface area (TPSA) is 9.23 Å². The zero-order chi connectivity index (χ0) is 15.4. The van der Waals surface area contributed by atoms with E-state index < -0.39 is 0 Å². The fourth-order valence-corrected chi connectivity index (χ4v) is 2.93. The summed E-state index contributed by atoms with van der Waals surface area (Å²) in [4.78, 5) is 0. The van der Waals surface area contributed by atoms with Crippen molar-refractivity contribution in [1.29, 1.82) is 0 Å². The summed E-state index contributed by atoms with van der Waals surface area (Å²) in [6, 6.07) is 18.7. The first-order valence-corrected chi connectivity index (χ1v) is 7.93. The molecule has 0 aromatic heterocycles. The maximum atomic E-state index is 6.09. The zero-order valence-electron chi connectivity index (χ0n) is 13.4. The molecular weight excluding hydrogens is 270 g/mol. The van der Waals surface area contributed by atoms with Crippen molar-refractivity contribution < 1.29 is 9.22 Å². The smallest absolute Gasteiger partial charge is 0.153 e. The van der Waals surface area contributed by atoms with Gasteiger partial charge in [0.15, 0.2) is 6.10 Å². The van der Waals surface area contributed by atoms with Crippen LogP contribution in [0.25, 0.3) is 12.2 Å². The molecule has 2 heteroatoms. The van der Waals surface area contributed by atoms with Crippen molar-refractivity contribution in [2.45, 2.75) is 12.5 Å². The molecule has 1 heterocycles. The predicted octanol–water partition coefficient (Wildman–Crippen LogP) is 4.08. The summed E-state index contributed by atoms with van der Waals surface area (Å²) in [6.45, 7) is 2.29. The van der Waals surface area contributed by atoms with Gasteiger partial charge in [0.25, 0.3) is 0 Å². The van der Waals surface area contributed by atoms with Crippen molar-refractivity contribution in [2.24, 2.45) is 0 Å². The average Bonchev–Trinajstić information content (AvgIpc) is 2.86. The number of quaternary nitrogens is 1. The monoisotopic (exact) mass is 294 g/mol. The third-order valence-electron chi connectivity index (χ3n) is 4.20. The molecule has 0 bridgehead atoms. The van der Waals surface area contributed by atoms with Crippen LogP contribution in [-0.4, -0.2) is 37.8 Å². The number of rotatable bonds is 4. The van der Waals surface area contributed by atoms with Crippen LogP contribution in [0, 0.1) is 0 Å². The largest absolute Gasteiger partial charge is 0.484 e. The number of hydrogen-bond donors (Lipinski definition) is 0. The quantitative estimate of drug-likeness (QED) is 0.610. The van der Waals surface area contributed by atoms with E-state index in [9.17, 15) is 0 Å². The predicted molar refractivity (Wildman–Crippen MR) is 92.7 cm³/mol. The number of nitrogens with zero attached hydrogens (tertiary/aromatic N) is 1. The standard InChI is InChI=1S/C20H24NO/c1-21(2)15-14-20(16-21)22-19-12-10-18(11-13-19)9-8-17-6-4-3-5-7-17/h3-13,20H,14-16H2,1-2H3/q+1. The minimum Gasteiger partial charge on any atom is -0.484 e. The molecule has 3 rings (SSSR count). The molecule has 2 nitrogen and oxygen atoms in total. The molecule has 1 atom stereocenters. The molecule has 22 heavy (non-hydrogen) atoms. The number of likely N-dealkylation sites (tertiary alicyclic amines) is 1. The van der Waals surface area contributed by atoms with Gasteiger partial charge in [0.05, 0.1) is 20.6 Å². The van der Waals surface area contributed by atoms with Crippen molar-refractivity contribution in [2.75, 3.05) is 27.2 Å². The highest BCUT2D eigenvalue weighted by Gasteiger charge is 2.32. The van der Waals surface area contributed by atoms with Gasteiger partial charge >= 0.3 is 0 Å². The molecule has 0 radical (unpaired) electrons. The van der Waals surface area contributed by atoms with Crippen molar-refractivity contribution in [3.8, 4) is 5.75 Å². The van der Waals surface area contributed by atoms with E-state index in [0.29, 0.717) is 6.10 Å². The van der Waals surface area contributed by atoms with Crippen LogP contribution in [-0.2, 0) is 0 Å². The van der Waals surface area contributed by atoms with Gasteiger partial charge in [-0.2, -0.15) is 0 Å².